The van der Waals surface area contributed by atoms with Gasteiger partial charge in [0.1, 0.15) is 0 Å². The molecule has 43 heavy (non-hydrogen) atoms. The Labute approximate surface area is 290 Å². The number of carboxylic acid groups (broad SMARTS) is 3. The first-order chi connectivity index (χ1) is 20.1. The van der Waals surface area contributed by atoms with Crippen molar-refractivity contribution in [1.82, 2.24) is 0 Å². The molecule has 0 amide bonds. The number of carbonyl (C=O) groups excluding carboxylic acids is 3. The van der Waals surface area contributed by atoms with E-state index in [9.17, 15) is 29.7 Å². The quantitative estimate of drug-likeness (QED) is 0.232. The summed E-state index contributed by atoms with van der Waals surface area (Å²) < 4.78 is 2.32. The first-order valence-electron chi connectivity index (χ1n) is 12.3. The fourth-order valence-corrected chi connectivity index (χ4v) is 6.18. The van der Waals surface area contributed by atoms with Gasteiger partial charge < -0.3 is 29.7 Å². The number of fused-ring (bicyclic) bond motifs is 3. The normalized spacial score (nSPS) is 10.1. The van der Waals surface area contributed by atoms with Gasteiger partial charge >= 0.3 is 25.8 Å². The molecule has 0 saturated carbocycles. The zero-order valence-corrected chi connectivity index (χ0v) is 30.1. The van der Waals surface area contributed by atoms with Gasteiger partial charge in [-0.25, -0.2) is 0 Å². The molecule has 0 aromatic heterocycles. The fraction of sp³-hybridized carbons (Fsp3) is 0. The third-order valence-corrected chi connectivity index (χ3v) is 8.20. The first kappa shape index (κ1) is 34.3. The van der Waals surface area contributed by atoms with Crippen LogP contribution in [0.3, 0.4) is 0 Å². The van der Waals surface area contributed by atoms with Gasteiger partial charge in [0.05, 0.1) is 17.9 Å². The van der Waals surface area contributed by atoms with Crippen LogP contribution in [0.25, 0.3) is 32.3 Å². The Balaban J connectivity index is 0.000000175. The summed E-state index contributed by atoms with van der Waals surface area (Å²) in [5, 5.41) is 37.2. The molecule has 0 saturated heterocycles. The second-order valence-corrected chi connectivity index (χ2v) is 11.4. The molecule has 0 heterocycles. The van der Waals surface area contributed by atoms with Gasteiger partial charge in [0.2, 0.25) is 0 Å². The average molecular weight is 865 g/mol. The van der Waals surface area contributed by atoms with Crippen LogP contribution in [0, 0.1) is 0 Å². The Hall–Kier alpha value is -3.18. The summed E-state index contributed by atoms with van der Waals surface area (Å²) in [5.41, 5.74) is 0.653. The molecule has 210 valence electrons. The van der Waals surface area contributed by atoms with Gasteiger partial charge in [-0.15, -0.1) is 0 Å². The summed E-state index contributed by atoms with van der Waals surface area (Å²) in [6.07, 6.45) is 0. The Morgan fingerprint density at radius 2 is 0.605 bits per heavy atom. The molecular formula is C33H18Br3InO6. The Bertz CT molecular complexity index is 1730. The second kappa shape index (κ2) is 15.5. The number of rotatable bonds is 3. The summed E-state index contributed by atoms with van der Waals surface area (Å²) in [4.78, 5) is 32.5. The third-order valence-electron chi connectivity index (χ3n) is 6.22. The van der Waals surface area contributed by atoms with E-state index in [0.29, 0.717) is 16.2 Å². The molecule has 6 aromatic rings. The van der Waals surface area contributed by atoms with Crippen LogP contribution in [-0.2, 0) is 0 Å². The van der Waals surface area contributed by atoms with Crippen LogP contribution in [0.15, 0.2) is 123 Å². The number of hydrogen-bond acceptors (Lipinski definition) is 6. The smallest absolute Gasteiger partial charge is 0.545 e. The van der Waals surface area contributed by atoms with Crippen molar-refractivity contribution < 1.29 is 29.7 Å². The summed E-state index contributed by atoms with van der Waals surface area (Å²) in [7, 11) is 0. The molecule has 0 aliphatic rings. The molecule has 0 atom stereocenters. The van der Waals surface area contributed by atoms with E-state index >= 15 is 0 Å². The topological polar surface area (TPSA) is 120 Å². The van der Waals surface area contributed by atoms with Crippen LogP contribution in [0.1, 0.15) is 31.1 Å². The van der Waals surface area contributed by atoms with E-state index in [1.807, 2.05) is 72.8 Å². The van der Waals surface area contributed by atoms with Crippen molar-refractivity contribution in [1.29, 1.82) is 0 Å². The second-order valence-electron chi connectivity index (χ2n) is 8.79. The maximum absolute atomic E-state index is 10.8. The van der Waals surface area contributed by atoms with E-state index in [-0.39, 0.29) is 42.5 Å². The van der Waals surface area contributed by atoms with Crippen molar-refractivity contribution in [3.8, 4) is 0 Å². The van der Waals surface area contributed by atoms with E-state index in [1.165, 1.54) is 0 Å². The molecule has 0 spiro atoms. The third kappa shape index (κ3) is 8.06. The van der Waals surface area contributed by atoms with Crippen LogP contribution < -0.4 is 15.3 Å². The molecule has 0 aliphatic carbocycles. The predicted octanol–water partition coefficient (Wildman–Crippen LogP) is 5.52. The van der Waals surface area contributed by atoms with E-state index in [0.717, 1.165) is 29.6 Å². The minimum atomic E-state index is -1.15. The summed E-state index contributed by atoms with van der Waals surface area (Å²) >= 11 is 9.97. The molecule has 10 heteroatoms. The van der Waals surface area contributed by atoms with E-state index in [4.69, 9.17) is 0 Å². The van der Waals surface area contributed by atoms with Crippen molar-refractivity contribution >= 4 is 124 Å². The molecule has 0 aliphatic heterocycles. The van der Waals surface area contributed by atoms with Gasteiger partial charge in [-0.05, 0) is 34.4 Å². The van der Waals surface area contributed by atoms with Crippen LogP contribution in [-0.4, -0.2) is 43.8 Å². The number of carboxylic acids is 3. The zero-order chi connectivity index (χ0) is 30.4. The van der Waals surface area contributed by atoms with Gasteiger partial charge in [-0.3, -0.25) is 0 Å². The summed E-state index contributed by atoms with van der Waals surface area (Å²) in [5.74, 6) is -3.45. The summed E-state index contributed by atoms with van der Waals surface area (Å²) in [6.45, 7) is 0. The summed E-state index contributed by atoms with van der Waals surface area (Å²) in [6, 6.07) is 32.0. The van der Waals surface area contributed by atoms with Crippen molar-refractivity contribution in [3.63, 3.8) is 0 Å². The molecule has 6 nitrogen and oxygen atoms in total. The Morgan fingerprint density at radius 3 is 0.814 bits per heavy atom. The molecule has 6 rings (SSSR count). The number of aromatic carboxylic acids is 3. The van der Waals surface area contributed by atoms with Crippen molar-refractivity contribution in [3.05, 3.63) is 139 Å². The molecule has 6 aromatic carbocycles. The number of benzene rings is 6. The first-order valence-corrected chi connectivity index (χ1v) is 14.6. The monoisotopic (exact) mass is 862 g/mol. The van der Waals surface area contributed by atoms with Gasteiger partial charge in [0, 0.05) is 46.3 Å². The number of halogens is 3. The Morgan fingerprint density at radius 1 is 0.395 bits per heavy atom. The van der Waals surface area contributed by atoms with Crippen LogP contribution in [0.5, 0.6) is 0 Å². The molecule has 0 fully saturated rings. The number of carbonyl (C=O) groups is 3. The van der Waals surface area contributed by atoms with Crippen molar-refractivity contribution in [2.75, 3.05) is 0 Å². The van der Waals surface area contributed by atoms with Gasteiger partial charge in [0.25, 0.3) is 0 Å². The maximum atomic E-state index is 10.8. The zero-order valence-electron chi connectivity index (χ0n) is 22.1. The molecular weight excluding hydrogens is 847 g/mol. The van der Waals surface area contributed by atoms with E-state index < -0.39 is 17.9 Å². The van der Waals surface area contributed by atoms with Crippen molar-refractivity contribution in [2.45, 2.75) is 0 Å². The van der Waals surface area contributed by atoms with Crippen molar-refractivity contribution in [2.24, 2.45) is 0 Å². The predicted molar refractivity (Wildman–Crippen MR) is 174 cm³/mol. The Kier molecular flexibility index (Phi) is 12.4. The fourth-order valence-electron chi connectivity index (χ4n) is 4.40. The van der Waals surface area contributed by atoms with Crippen LogP contribution in [0.2, 0.25) is 0 Å². The van der Waals surface area contributed by atoms with Gasteiger partial charge in [-0.2, -0.15) is 0 Å². The maximum Gasteiger partial charge on any atom is 3.00 e. The molecule has 0 N–H and O–H groups in total. The average Bonchev–Trinajstić information content (AvgIpc) is 2.97. The van der Waals surface area contributed by atoms with Crippen LogP contribution in [0.4, 0.5) is 0 Å². The minimum Gasteiger partial charge on any atom is -0.545 e. The van der Waals surface area contributed by atoms with E-state index in [2.05, 4.69) is 47.8 Å². The minimum absolute atomic E-state index is 0. The molecule has 0 unspecified atom stereocenters. The standard InChI is InChI=1S/3C11H7BrO2.In/c3*12-9-6-2-4-7-3-1-5-8(10(7)9)11(13)14;/h3*1-6H,(H,13,14);/q;;;+3/p-3. The van der Waals surface area contributed by atoms with Gasteiger partial charge in [0.15, 0.2) is 0 Å². The van der Waals surface area contributed by atoms with Gasteiger partial charge in [-0.1, -0.05) is 139 Å². The van der Waals surface area contributed by atoms with E-state index in [1.54, 1.807) is 36.4 Å². The molecule has 0 radical (unpaired) electrons. The van der Waals surface area contributed by atoms with Crippen LogP contribution >= 0.6 is 47.8 Å². The SMILES string of the molecule is O=C([O-])c1cccc2cccc(Br)c12.O=C([O-])c1cccc2cccc(Br)c12.O=C([O-])c1cccc2cccc(Br)c12.[In+3]. The number of hydrogen-bond donors (Lipinski definition) is 0. The largest absolute Gasteiger partial charge is 3.00 e. The molecule has 0 bridgehead atoms.